The van der Waals surface area contributed by atoms with E-state index < -0.39 is 11.7 Å². The standard InChI is InChI=1S/C17H13F3O2/c1-11(12-5-3-2-4-6-12)7-13-8-15-16(22-10-21-15)9-14(13)17(18,19)20/h2-6,8-9H,1,7,10H2. The van der Waals surface area contributed by atoms with Gasteiger partial charge in [0.05, 0.1) is 5.56 Å². The van der Waals surface area contributed by atoms with Crippen LogP contribution in [-0.4, -0.2) is 6.79 Å². The Bertz CT molecular complexity index is 706. The van der Waals surface area contributed by atoms with E-state index in [4.69, 9.17) is 9.47 Å². The fraction of sp³-hybridized carbons (Fsp3) is 0.176. The Balaban J connectivity index is 1.97. The maximum Gasteiger partial charge on any atom is 0.416 e. The van der Waals surface area contributed by atoms with Gasteiger partial charge in [0, 0.05) is 0 Å². The molecule has 3 rings (SSSR count). The molecule has 22 heavy (non-hydrogen) atoms. The molecule has 1 heterocycles. The minimum Gasteiger partial charge on any atom is -0.454 e. The van der Waals surface area contributed by atoms with Crippen molar-refractivity contribution in [3.63, 3.8) is 0 Å². The largest absolute Gasteiger partial charge is 0.454 e. The summed E-state index contributed by atoms with van der Waals surface area (Å²) in [6, 6.07) is 11.5. The van der Waals surface area contributed by atoms with Crippen molar-refractivity contribution in [3.05, 3.63) is 65.7 Å². The second-order valence-corrected chi connectivity index (χ2v) is 5.01. The van der Waals surface area contributed by atoms with E-state index in [2.05, 4.69) is 6.58 Å². The van der Waals surface area contributed by atoms with Crippen LogP contribution >= 0.6 is 0 Å². The van der Waals surface area contributed by atoms with Crippen LogP contribution < -0.4 is 9.47 Å². The van der Waals surface area contributed by atoms with Crippen molar-refractivity contribution in [1.82, 2.24) is 0 Å². The van der Waals surface area contributed by atoms with E-state index in [1.54, 1.807) is 0 Å². The molecule has 5 heteroatoms. The number of alkyl halides is 3. The van der Waals surface area contributed by atoms with E-state index >= 15 is 0 Å². The summed E-state index contributed by atoms with van der Waals surface area (Å²) in [5.74, 6) is 0.463. The quantitative estimate of drug-likeness (QED) is 0.819. The Labute approximate surface area is 125 Å². The molecule has 2 nitrogen and oxygen atoms in total. The molecule has 0 bridgehead atoms. The van der Waals surface area contributed by atoms with Gasteiger partial charge >= 0.3 is 6.18 Å². The highest BCUT2D eigenvalue weighted by molar-refractivity contribution is 5.67. The third-order valence-electron chi connectivity index (χ3n) is 3.49. The summed E-state index contributed by atoms with van der Waals surface area (Å²) in [5.41, 5.74) is 0.845. The molecule has 0 spiro atoms. The molecule has 0 radical (unpaired) electrons. The molecule has 1 aliphatic heterocycles. The molecular formula is C17H13F3O2. The number of halogens is 3. The van der Waals surface area contributed by atoms with E-state index in [-0.39, 0.29) is 24.5 Å². The van der Waals surface area contributed by atoms with Gasteiger partial charge in [-0.3, -0.25) is 0 Å². The minimum absolute atomic E-state index is 0.0598. The first-order chi connectivity index (χ1) is 10.4. The fourth-order valence-electron chi connectivity index (χ4n) is 2.40. The van der Waals surface area contributed by atoms with Crippen LogP contribution in [0.4, 0.5) is 13.2 Å². The average Bonchev–Trinajstić information content (AvgIpc) is 2.93. The normalized spacial score (nSPS) is 13.2. The fourth-order valence-corrected chi connectivity index (χ4v) is 2.40. The van der Waals surface area contributed by atoms with Crippen LogP contribution in [0.15, 0.2) is 49.0 Å². The summed E-state index contributed by atoms with van der Waals surface area (Å²) >= 11 is 0. The Morgan fingerprint density at radius 2 is 1.68 bits per heavy atom. The lowest BCUT2D eigenvalue weighted by molar-refractivity contribution is -0.138. The van der Waals surface area contributed by atoms with Crippen LogP contribution in [0.5, 0.6) is 11.5 Å². The SMILES string of the molecule is C=C(Cc1cc2c(cc1C(F)(F)F)OCO2)c1ccccc1. The van der Waals surface area contributed by atoms with Gasteiger partial charge in [0.1, 0.15) is 0 Å². The molecular weight excluding hydrogens is 293 g/mol. The van der Waals surface area contributed by atoms with Gasteiger partial charge < -0.3 is 9.47 Å². The molecule has 2 aromatic rings. The summed E-state index contributed by atoms with van der Waals surface area (Å²) in [6.45, 7) is 3.84. The van der Waals surface area contributed by atoms with Gasteiger partial charge in [-0.15, -0.1) is 0 Å². The van der Waals surface area contributed by atoms with Crippen molar-refractivity contribution < 1.29 is 22.6 Å². The van der Waals surface area contributed by atoms with E-state index in [1.165, 1.54) is 6.07 Å². The highest BCUT2D eigenvalue weighted by Crippen LogP contribution is 2.42. The number of fused-ring (bicyclic) bond motifs is 1. The summed E-state index contributed by atoms with van der Waals surface area (Å²) in [7, 11) is 0. The summed E-state index contributed by atoms with van der Waals surface area (Å²) in [4.78, 5) is 0. The highest BCUT2D eigenvalue weighted by Gasteiger charge is 2.35. The number of rotatable bonds is 3. The first kappa shape index (κ1) is 14.5. The van der Waals surface area contributed by atoms with Crippen LogP contribution in [-0.2, 0) is 12.6 Å². The molecule has 0 aromatic heterocycles. The lowest BCUT2D eigenvalue weighted by atomic mass is 9.95. The predicted octanol–water partition coefficient (Wildman–Crippen LogP) is 4.69. The van der Waals surface area contributed by atoms with Gasteiger partial charge in [0.25, 0.3) is 0 Å². The molecule has 0 saturated heterocycles. The lowest BCUT2D eigenvalue weighted by Crippen LogP contribution is -2.09. The molecule has 0 atom stereocenters. The van der Waals surface area contributed by atoms with Crippen molar-refractivity contribution in [2.24, 2.45) is 0 Å². The van der Waals surface area contributed by atoms with Gasteiger partial charge in [-0.05, 0) is 35.3 Å². The van der Waals surface area contributed by atoms with Crippen LogP contribution in [0.2, 0.25) is 0 Å². The van der Waals surface area contributed by atoms with Crippen molar-refractivity contribution >= 4 is 5.57 Å². The molecule has 0 saturated carbocycles. The van der Waals surface area contributed by atoms with Crippen LogP contribution in [0, 0.1) is 0 Å². The van der Waals surface area contributed by atoms with E-state index in [9.17, 15) is 13.2 Å². The summed E-state index contributed by atoms with van der Waals surface area (Å²) in [6.07, 6.45) is -4.36. The van der Waals surface area contributed by atoms with Gasteiger partial charge in [-0.1, -0.05) is 36.9 Å². The van der Waals surface area contributed by atoms with E-state index in [0.29, 0.717) is 11.3 Å². The zero-order chi connectivity index (χ0) is 15.7. The number of benzene rings is 2. The number of hydrogen-bond acceptors (Lipinski definition) is 2. The van der Waals surface area contributed by atoms with E-state index in [0.717, 1.165) is 11.6 Å². The third kappa shape index (κ3) is 2.79. The average molecular weight is 306 g/mol. The first-order valence-corrected chi connectivity index (χ1v) is 6.68. The second kappa shape index (κ2) is 5.40. The molecule has 0 amide bonds. The first-order valence-electron chi connectivity index (χ1n) is 6.68. The smallest absolute Gasteiger partial charge is 0.416 e. The molecule has 2 aromatic carbocycles. The second-order valence-electron chi connectivity index (χ2n) is 5.01. The van der Waals surface area contributed by atoms with Crippen LogP contribution in [0.1, 0.15) is 16.7 Å². The summed E-state index contributed by atoms with van der Waals surface area (Å²) < 4.78 is 49.9. The molecule has 0 N–H and O–H groups in total. The van der Waals surface area contributed by atoms with Crippen molar-refractivity contribution in [2.75, 3.05) is 6.79 Å². The predicted molar refractivity (Wildman–Crippen MR) is 76.7 cm³/mol. The van der Waals surface area contributed by atoms with Crippen LogP contribution in [0.25, 0.3) is 5.57 Å². The topological polar surface area (TPSA) is 18.5 Å². The van der Waals surface area contributed by atoms with Gasteiger partial charge in [-0.25, -0.2) is 0 Å². The maximum atomic E-state index is 13.2. The maximum absolute atomic E-state index is 13.2. The van der Waals surface area contributed by atoms with Crippen LogP contribution in [0.3, 0.4) is 0 Å². The van der Waals surface area contributed by atoms with Crippen molar-refractivity contribution in [1.29, 1.82) is 0 Å². The Kier molecular flexibility index (Phi) is 3.56. The zero-order valence-electron chi connectivity index (χ0n) is 11.6. The van der Waals surface area contributed by atoms with Crippen molar-refractivity contribution in [3.8, 4) is 11.5 Å². The van der Waals surface area contributed by atoms with Gasteiger partial charge in [-0.2, -0.15) is 13.2 Å². The minimum atomic E-state index is -4.45. The van der Waals surface area contributed by atoms with Gasteiger partial charge in [0.15, 0.2) is 11.5 Å². The molecule has 0 unspecified atom stereocenters. The molecule has 1 aliphatic rings. The Morgan fingerprint density at radius 1 is 1.05 bits per heavy atom. The Morgan fingerprint density at radius 3 is 2.32 bits per heavy atom. The molecule has 0 fully saturated rings. The lowest BCUT2D eigenvalue weighted by Gasteiger charge is -2.15. The molecule has 0 aliphatic carbocycles. The summed E-state index contributed by atoms with van der Waals surface area (Å²) in [5, 5.41) is 0. The number of allylic oxidation sites excluding steroid dienone is 1. The van der Waals surface area contributed by atoms with Crippen molar-refractivity contribution in [2.45, 2.75) is 12.6 Å². The molecule has 114 valence electrons. The zero-order valence-corrected chi connectivity index (χ0v) is 11.6. The monoisotopic (exact) mass is 306 g/mol. The van der Waals surface area contributed by atoms with Gasteiger partial charge in [0.2, 0.25) is 6.79 Å². The number of hydrogen-bond donors (Lipinski definition) is 0. The number of ether oxygens (including phenoxy) is 2. The highest BCUT2D eigenvalue weighted by atomic mass is 19.4. The third-order valence-corrected chi connectivity index (χ3v) is 3.49. The van der Waals surface area contributed by atoms with E-state index in [1.807, 2.05) is 30.3 Å². The Hall–Kier alpha value is -2.43.